The Hall–Kier alpha value is -1.95. The standard InChI is InChI=1S/C14H20N4O2/c1-4-18-13-6-5-10(7-11(13)16-17-18)14(20)15-12(8-19)9(2)3/h5-7,9,12,19H,4,8H2,1-3H3,(H,15,20). The van der Waals surface area contributed by atoms with Crippen molar-refractivity contribution in [1.82, 2.24) is 20.3 Å². The number of carbonyl (C=O) groups excluding carboxylic acids is 1. The van der Waals surface area contributed by atoms with E-state index in [0.717, 1.165) is 12.1 Å². The summed E-state index contributed by atoms with van der Waals surface area (Å²) >= 11 is 0. The monoisotopic (exact) mass is 276 g/mol. The highest BCUT2D eigenvalue weighted by molar-refractivity contribution is 5.97. The third kappa shape index (κ3) is 2.80. The Balaban J connectivity index is 2.22. The van der Waals surface area contributed by atoms with Crippen LogP contribution in [0.2, 0.25) is 0 Å². The molecule has 108 valence electrons. The average molecular weight is 276 g/mol. The van der Waals surface area contributed by atoms with Gasteiger partial charge in [0.25, 0.3) is 5.91 Å². The zero-order valence-electron chi connectivity index (χ0n) is 12.0. The second kappa shape index (κ2) is 6.00. The van der Waals surface area contributed by atoms with Gasteiger partial charge in [-0.3, -0.25) is 4.79 Å². The molecule has 6 nitrogen and oxygen atoms in total. The molecule has 1 unspecified atom stereocenters. The summed E-state index contributed by atoms with van der Waals surface area (Å²) in [6, 6.07) is 5.07. The molecule has 2 rings (SSSR count). The zero-order valence-corrected chi connectivity index (χ0v) is 12.0. The second-order valence-electron chi connectivity index (χ2n) is 5.12. The smallest absolute Gasteiger partial charge is 0.251 e. The summed E-state index contributed by atoms with van der Waals surface area (Å²) in [6.45, 7) is 6.57. The lowest BCUT2D eigenvalue weighted by molar-refractivity contribution is 0.0897. The summed E-state index contributed by atoms with van der Waals surface area (Å²) in [5, 5.41) is 20.1. The molecule has 1 aromatic carbocycles. The molecule has 1 atom stereocenters. The fraction of sp³-hybridized carbons (Fsp3) is 0.500. The summed E-state index contributed by atoms with van der Waals surface area (Å²) in [6.07, 6.45) is 0. The predicted octanol–water partition coefficient (Wildman–Crippen LogP) is 1.20. The van der Waals surface area contributed by atoms with Crippen molar-refractivity contribution in [2.75, 3.05) is 6.61 Å². The highest BCUT2D eigenvalue weighted by Gasteiger charge is 2.17. The van der Waals surface area contributed by atoms with Crippen LogP contribution in [0.15, 0.2) is 18.2 Å². The molecule has 2 N–H and O–H groups in total. The SMILES string of the molecule is CCn1nnc2cc(C(=O)NC(CO)C(C)C)ccc21. The van der Waals surface area contributed by atoms with Crippen LogP contribution in [0.5, 0.6) is 0 Å². The third-order valence-electron chi connectivity index (χ3n) is 3.39. The summed E-state index contributed by atoms with van der Waals surface area (Å²) in [5.41, 5.74) is 2.14. The Morgan fingerprint density at radius 3 is 2.80 bits per heavy atom. The number of nitrogens with one attached hydrogen (secondary N) is 1. The van der Waals surface area contributed by atoms with Gasteiger partial charge in [0.05, 0.1) is 18.2 Å². The molecule has 0 saturated carbocycles. The Labute approximate surface area is 117 Å². The average Bonchev–Trinajstić information content (AvgIpc) is 2.86. The summed E-state index contributed by atoms with van der Waals surface area (Å²) in [4.78, 5) is 12.2. The number of amides is 1. The molecular weight excluding hydrogens is 256 g/mol. The molecule has 0 aliphatic carbocycles. The molecule has 1 heterocycles. The van der Waals surface area contributed by atoms with Crippen LogP contribution in [0.3, 0.4) is 0 Å². The lowest BCUT2D eigenvalue weighted by Gasteiger charge is -2.19. The van der Waals surface area contributed by atoms with Gasteiger partial charge in [-0.15, -0.1) is 5.10 Å². The van der Waals surface area contributed by atoms with Crippen molar-refractivity contribution in [3.63, 3.8) is 0 Å². The quantitative estimate of drug-likeness (QED) is 0.860. The van der Waals surface area contributed by atoms with E-state index in [4.69, 9.17) is 0 Å². The van der Waals surface area contributed by atoms with E-state index in [0.29, 0.717) is 11.1 Å². The third-order valence-corrected chi connectivity index (χ3v) is 3.39. The molecule has 0 aliphatic heterocycles. The minimum Gasteiger partial charge on any atom is -0.394 e. The Morgan fingerprint density at radius 1 is 1.45 bits per heavy atom. The molecule has 0 spiro atoms. The molecule has 0 fully saturated rings. The van der Waals surface area contributed by atoms with Crippen LogP contribution in [-0.2, 0) is 6.54 Å². The van der Waals surface area contributed by atoms with Crippen LogP contribution in [0, 0.1) is 5.92 Å². The molecular formula is C14H20N4O2. The van der Waals surface area contributed by atoms with Crippen molar-refractivity contribution in [2.45, 2.75) is 33.4 Å². The number of aliphatic hydroxyl groups is 1. The van der Waals surface area contributed by atoms with Crippen LogP contribution in [-0.4, -0.2) is 38.7 Å². The second-order valence-corrected chi connectivity index (χ2v) is 5.12. The highest BCUT2D eigenvalue weighted by Crippen LogP contribution is 2.14. The van der Waals surface area contributed by atoms with Crippen LogP contribution < -0.4 is 5.32 Å². The van der Waals surface area contributed by atoms with Crippen LogP contribution in [0.25, 0.3) is 11.0 Å². The Bertz CT molecular complexity index is 606. The van der Waals surface area contributed by atoms with Gasteiger partial charge in [0.2, 0.25) is 0 Å². The van der Waals surface area contributed by atoms with Gasteiger partial charge < -0.3 is 10.4 Å². The van der Waals surface area contributed by atoms with Crippen LogP contribution in [0.1, 0.15) is 31.1 Å². The lowest BCUT2D eigenvalue weighted by Crippen LogP contribution is -2.41. The van der Waals surface area contributed by atoms with Crippen molar-refractivity contribution < 1.29 is 9.90 Å². The van der Waals surface area contributed by atoms with Gasteiger partial charge in [0.15, 0.2) is 0 Å². The molecule has 0 saturated heterocycles. The molecule has 0 aliphatic rings. The number of aliphatic hydroxyl groups excluding tert-OH is 1. The van der Waals surface area contributed by atoms with E-state index in [2.05, 4.69) is 15.6 Å². The van der Waals surface area contributed by atoms with E-state index in [9.17, 15) is 9.90 Å². The van der Waals surface area contributed by atoms with Crippen molar-refractivity contribution in [2.24, 2.45) is 5.92 Å². The molecule has 1 amide bonds. The van der Waals surface area contributed by atoms with Gasteiger partial charge in [0.1, 0.15) is 5.52 Å². The van der Waals surface area contributed by atoms with E-state index in [1.54, 1.807) is 16.8 Å². The minimum atomic E-state index is -0.246. The number of nitrogens with zero attached hydrogens (tertiary/aromatic N) is 3. The zero-order chi connectivity index (χ0) is 14.7. The Kier molecular flexibility index (Phi) is 4.34. The number of fused-ring (bicyclic) bond motifs is 1. The van der Waals surface area contributed by atoms with Gasteiger partial charge in [-0.05, 0) is 31.0 Å². The summed E-state index contributed by atoms with van der Waals surface area (Å²) in [5.74, 6) is -0.0284. The van der Waals surface area contributed by atoms with E-state index in [1.807, 2.05) is 26.8 Å². The van der Waals surface area contributed by atoms with Crippen LogP contribution >= 0.6 is 0 Å². The van der Waals surface area contributed by atoms with Gasteiger partial charge in [-0.1, -0.05) is 19.1 Å². The fourth-order valence-electron chi connectivity index (χ4n) is 2.02. The minimum absolute atomic E-state index is 0.0718. The van der Waals surface area contributed by atoms with Gasteiger partial charge >= 0.3 is 0 Å². The number of aryl methyl sites for hydroxylation is 1. The number of hydrogen-bond donors (Lipinski definition) is 2. The molecule has 0 radical (unpaired) electrons. The Morgan fingerprint density at radius 2 is 2.20 bits per heavy atom. The largest absolute Gasteiger partial charge is 0.394 e. The number of aromatic nitrogens is 3. The number of carbonyl (C=O) groups is 1. The maximum atomic E-state index is 12.2. The highest BCUT2D eigenvalue weighted by atomic mass is 16.3. The van der Waals surface area contributed by atoms with Crippen LogP contribution in [0.4, 0.5) is 0 Å². The molecule has 0 bridgehead atoms. The van der Waals surface area contributed by atoms with E-state index in [1.165, 1.54) is 0 Å². The van der Waals surface area contributed by atoms with E-state index in [-0.39, 0.29) is 24.5 Å². The summed E-state index contributed by atoms with van der Waals surface area (Å²) < 4.78 is 1.78. The molecule has 1 aromatic heterocycles. The topological polar surface area (TPSA) is 80.0 Å². The van der Waals surface area contributed by atoms with Gasteiger partial charge in [-0.25, -0.2) is 4.68 Å². The van der Waals surface area contributed by atoms with Crippen molar-refractivity contribution in [1.29, 1.82) is 0 Å². The fourth-order valence-corrected chi connectivity index (χ4v) is 2.02. The maximum absolute atomic E-state index is 12.2. The number of rotatable bonds is 5. The molecule has 2 aromatic rings. The predicted molar refractivity (Wildman–Crippen MR) is 76.4 cm³/mol. The molecule has 6 heteroatoms. The lowest BCUT2D eigenvalue weighted by atomic mass is 10.0. The maximum Gasteiger partial charge on any atom is 0.251 e. The van der Waals surface area contributed by atoms with E-state index < -0.39 is 0 Å². The van der Waals surface area contributed by atoms with Gasteiger partial charge in [-0.2, -0.15) is 0 Å². The first-order valence-electron chi connectivity index (χ1n) is 6.81. The van der Waals surface area contributed by atoms with Crippen molar-refractivity contribution in [3.05, 3.63) is 23.8 Å². The first-order chi connectivity index (χ1) is 9.56. The summed E-state index contributed by atoms with van der Waals surface area (Å²) in [7, 11) is 0. The van der Waals surface area contributed by atoms with E-state index >= 15 is 0 Å². The first kappa shape index (κ1) is 14.5. The normalized spacial score (nSPS) is 12.8. The van der Waals surface area contributed by atoms with Gasteiger partial charge in [0, 0.05) is 12.1 Å². The number of hydrogen-bond acceptors (Lipinski definition) is 4. The van der Waals surface area contributed by atoms with Crippen molar-refractivity contribution in [3.8, 4) is 0 Å². The number of benzene rings is 1. The first-order valence-corrected chi connectivity index (χ1v) is 6.81. The van der Waals surface area contributed by atoms with Crippen molar-refractivity contribution >= 4 is 16.9 Å². The molecule has 20 heavy (non-hydrogen) atoms.